The Balaban J connectivity index is 2.07. The van der Waals surface area contributed by atoms with Crippen LogP contribution in [0, 0.1) is 11.5 Å². The normalized spacial score (nSPS) is 18.1. The molecule has 1 fully saturated rings. The fourth-order valence-electron chi connectivity index (χ4n) is 2.18. The average molecular weight is 195 g/mol. The Bertz CT molecular complexity index is 179. The monoisotopic (exact) mass is 195 g/mol. The SMILES string of the molecule is CN(CCCNC#N)C1CCCCC1. The van der Waals surface area contributed by atoms with Crippen LogP contribution in [-0.2, 0) is 0 Å². The summed E-state index contributed by atoms with van der Waals surface area (Å²) in [6, 6.07) is 0.797. The molecule has 3 nitrogen and oxygen atoms in total. The Morgan fingerprint density at radius 1 is 1.36 bits per heavy atom. The molecule has 3 heteroatoms. The van der Waals surface area contributed by atoms with Crippen molar-refractivity contribution < 1.29 is 0 Å². The molecule has 1 rings (SSSR count). The van der Waals surface area contributed by atoms with Crippen molar-refractivity contribution in [1.82, 2.24) is 10.2 Å². The molecule has 0 aliphatic heterocycles. The molecule has 0 saturated heterocycles. The summed E-state index contributed by atoms with van der Waals surface area (Å²) in [6.07, 6.45) is 9.95. The highest BCUT2D eigenvalue weighted by Gasteiger charge is 2.16. The summed E-state index contributed by atoms with van der Waals surface area (Å²) in [5.41, 5.74) is 0. The smallest absolute Gasteiger partial charge is 0.176 e. The molecule has 0 aromatic heterocycles. The van der Waals surface area contributed by atoms with Crippen LogP contribution in [0.5, 0.6) is 0 Å². The van der Waals surface area contributed by atoms with Gasteiger partial charge in [-0.1, -0.05) is 19.3 Å². The Labute approximate surface area is 87.1 Å². The third kappa shape index (κ3) is 3.97. The molecule has 0 aromatic rings. The summed E-state index contributed by atoms with van der Waals surface area (Å²) in [5.74, 6) is 0. The molecule has 1 aliphatic rings. The topological polar surface area (TPSA) is 39.1 Å². The van der Waals surface area contributed by atoms with Gasteiger partial charge in [0.15, 0.2) is 6.19 Å². The van der Waals surface area contributed by atoms with Crippen LogP contribution in [0.15, 0.2) is 0 Å². The first-order chi connectivity index (χ1) is 6.84. The van der Waals surface area contributed by atoms with E-state index in [-0.39, 0.29) is 0 Å². The van der Waals surface area contributed by atoms with Crippen molar-refractivity contribution in [3.63, 3.8) is 0 Å². The van der Waals surface area contributed by atoms with Crippen LogP contribution >= 0.6 is 0 Å². The van der Waals surface area contributed by atoms with Crippen LogP contribution in [0.1, 0.15) is 38.5 Å². The molecular formula is C11H21N3. The summed E-state index contributed by atoms with van der Waals surface area (Å²) in [5, 5.41) is 11.0. The second-order valence-corrected chi connectivity index (χ2v) is 4.16. The number of hydrogen-bond donors (Lipinski definition) is 1. The van der Waals surface area contributed by atoms with Gasteiger partial charge in [-0.3, -0.25) is 0 Å². The zero-order chi connectivity index (χ0) is 10.2. The van der Waals surface area contributed by atoms with Crippen LogP contribution in [0.4, 0.5) is 0 Å². The van der Waals surface area contributed by atoms with E-state index in [1.54, 1.807) is 0 Å². The number of rotatable bonds is 5. The lowest BCUT2D eigenvalue weighted by atomic mass is 9.94. The van der Waals surface area contributed by atoms with Crippen molar-refractivity contribution >= 4 is 0 Å². The van der Waals surface area contributed by atoms with Crippen molar-refractivity contribution in [1.29, 1.82) is 5.26 Å². The predicted molar refractivity (Wildman–Crippen MR) is 57.7 cm³/mol. The van der Waals surface area contributed by atoms with E-state index in [4.69, 9.17) is 5.26 Å². The summed E-state index contributed by atoms with van der Waals surface area (Å²) in [7, 11) is 2.21. The van der Waals surface area contributed by atoms with Crippen molar-refractivity contribution in [2.24, 2.45) is 0 Å². The quantitative estimate of drug-likeness (QED) is 0.412. The Morgan fingerprint density at radius 2 is 2.07 bits per heavy atom. The number of nitriles is 1. The zero-order valence-corrected chi connectivity index (χ0v) is 9.13. The minimum absolute atomic E-state index is 0.797. The third-order valence-corrected chi connectivity index (χ3v) is 3.09. The average Bonchev–Trinajstić information content (AvgIpc) is 2.25. The van der Waals surface area contributed by atoms with Crippen molar-refractivity contribution in [2.75, 3.05) is 20.1 Å². The number of nitrogens with one attached hydrogen (secondary N) is 1. The molecule has 0 spiro atoms. The van der Waals surface area contributed by atoms with E-state index >= 15 is 0 Å². The van der Waals surface area contributed by atoms with Crippen molar-refractivity contribution in [3.8, 4) is 6.19 Å². The Morgan fingerprint density at radius 3 is 2.71 bits per heavy atom. The van der Waals surface area contributed by atoms with Gasteiger partial charge in [-0.15, -0.1) is 0 Å². The predicted octanol–water partition coefficient (Wildman–Crippen LogP) is 1.71. The van der Waals surface area contributed by atoms with Gasteiger partial charge >= 0.3 is 0 Å². The van der Waals surface area contributed by atoms with Crippen LogP contribution < -0.4 is 5.32 Å². The lowest BCUT2D eigenvalue weighted by Gasteiger charge is -2.31. The highest BCUT2D eigenvalue weighted by atomic mass is 15.1. The second kappa shape index (κ2) is 6.67. The van der Waals surface area contributed by atoms with Gasteiger partial charge in [0.05, 0.1) is 0 Å². The van der Waals surface area contributed by atoms with Gasteiger partial charge in [-0.2, -0.15) is 5.26 Å². The first kappa shape index (κ1) is 11.3. The van der Waals surface area contributed by atoms with Gasteiger partial charge < -0.3 is 10.2 Å². The maximum atomic E-state index is 8.31. The zero-order valence-electron chi connectivity index (χ0n) is 9.13. The lowest BCUT2D eigenvalue weighted by Crippen LogP contribution is -2.34. The van der Waals surface area contributed by atoms with Gasteiger partial charge in [-0.05, 0) is 32.9 Å². The van der Waals surface area contributed by atoms with Gasteiger partial charge in [-0.25, -0.2) is 0 Å². The summed E-state index contributed by atoms with van der Waals surface area (Å²) < 4.78 is 0. The number of hydrogen-bond acceptors (Lipinski definition) is 3. The Kier molecular flexibility index (Phi) is 5.39. The van der Waals surface area contributed by atoms with E-state index < -0.39 is 0 Å². The molecular weight excluding hydrogens is 174 g/mol. The van der Waals surface area contributed by atoms with E-state index in [1.165, 1.54) is 32.1 Å². The number of nitrogens with zero attached hydrogens (tertiary/aromatic N) is 2. The minimum atomic E-state index is 0.797. The molecule has 80 valence electrons. The van der Waals surface area contributed by atoms with Gasteiger partial charge in [0.1, 0.15) is 0 Å². The molecule has 0 heterocycles. The van der Waals surface area contributed by atoms with Gasteiger partial charge in [0, 0.05) is 12.6 Å². The van der Waals surface area contributed by atoms with E-state index in [2.05, 4.69) is 17.3 Å². The van der Waals surface area contributed by atoms with Crippen molar-refractivity contribution in [3.05, 3.63) is 0 Å². The minimum Gasteiger partial charge on any atom is -0.324 e. The molecule has 1 saturated carbocycles. The summed E-state index contributed by atoms with van der Waals surface area (Å²) >= 11 is 0. The fourth-order valence-corrected chi connectivity index (χ4v) is 2.18. The molecule has 1 aliphatic carbocycles. The van der Waals surface area contributed by atoms with E-state index in [9.17, 15) is 0 Å². The van der Waals surface area contributed by atoms with Crippen LogP contribution in [0.25, 0.3) is 0 Å². The van der Waals surface area contributed by atoms with E-state index in [0.29, 0.717) is 0 Å². The fraction of sp³-hybridized carbons (Fsp3) is 0.909. The molecule has 1 N–H and O–H groups in total. The maximum Gasteiger partial charge on any atom is 0.176 e. The second-order valence-electron chi connectivity index (χ2n) is 4.16. The third-order valence-electron chi connectivity index (χ3n) is 3.09. The summed E-state index contributed by atoms with van der Waals surface area (Å²) in [6.45, 7) is 1.92. The molecule has 14 heavy (non-hydrogen) atoms. The highest BCUT2D eigenvalue weighted by molar-refractivity contribution is 4.74. The van der Waals surface area contributed by atoms with Crippen molar-refractivity contribution in [2.45, 2.75) is 44.6 Å². The molecule has 0 atom stereocenters. The first-order valence-electron chi connectivity index (χ1n) is 5.67. The summed E-state index contributed by atoms with van der Waals surface area (Å²) in [4.78, 5) is 2.46. The van der Waals surface area contributed by atoms with E-state index in [0.717, 1.165) is 25.6 Å². The molecule has 0 amide bonds. The lowest BCUT2D eigenvalue weighted by molar-refractivity contribution is 0.190. The highest BCUT2D eigenvalue weighted by Crippen LogP contribution is 2.21. The first-order valence-corrected chi connectivity index (χ1v) is 5.67. The van der Waals surface area contributed by atoms with Gasteiger partial charge in [0.25, 0.3) is 0 Å². The Hall–Kier alpha value is -0.750. The van der Waals surface area contributed by atoms with E-state index in [1.807, 2.05) is 6.19 Å². The molecule has 0 radical (unpaired) electrons. The van der Waals surface area contributed by atoms with Gasteiger partial charge in [0.2, 0.25) is 0 Å². The van der Waals surface area contributed by atoms with Crippen LogP contribution in [-0.4, -0.2) is 31.1 Å². The molecule has 0 bridgehead atoms. The standard InChI is InChI=1S/C11H21N3/c1-14(9-5-8-13-10-12)11-6-3-2-4-7-11/h11,13H,2-9H2,1H3. The largest absolute Gasteiger partial charge is 0.324 e. The maximum absolute atomic E-state index is 8.31. The molecule has 0 aromatic carbocycles. The van der Waals surface area contributed by atoms with Crippen LogP contribution in [0.3, 0.4) is 0 Å². The molecule has 0 unspecified atom stereocenters. The van der Waals surface area contributed by atoms with Crippen LogP contribution in [0.2, 0.25) is 0 Å².